The van der Waals surface area contributed by atoms with Gasteiger partial charge in [-0.05, 0) is 43.4 Å². The van der Waals surface area contributed by atoms with E-state index < -0.39 is 5.50 Å². The van der Waals surface area contributed by atoms with E-state index in [0.29, 0.717) is 6.10 Å². The molecule has 1 fully saturated rings. The minimum Gasteiger partial charge on any atom is -0.490 e. The van der Waals surface area contributed by atoms with Crippen LogP contribution in [0.2, 0.25) is 0 Å². The van der Waals surface area contributed by atoms with Crippen LogP contribution in [0.15, 0.2) is 24.3 Å². The lowest BCUT2D eigenvalue weighted by atomic mass is 10.2. The van der Waals surface area contributed by atoms with E-state index in [1.54, 1.807) is 0 Å². The molecule has 3 heteroatoms. The molecule has 0 aliphatic heterocycles. The maximum atomic E-state index is 5.85. The Morgan fingerprint density at radius 2 is 1.74 bits per heavy atom. The fourth-order valence-electron chi connectivity index (χ4n) is 1.96. The topological polar surface area (TPSA) is 35.2 Å². The molecule has 2 N–H and O–H groups in total. The monoisotopic (exact) mass is 285 g/mol. The first kappa shape index (κ1) is 18.3. The number of rotatable bonds is 3. The molecular weight excluding hydrogens is 258 g/mol. The number of nitrogens with two attached hydrogens (primary N) is 1. The largest absolute Gasteiger partial charge is 0.490 e. The third-order valence-electron chi connectivity index (χ3n) is 2.78. The van der Waals surface area contributed by atoms with Crippen LogP contribution in [0.1, 0.15) is 64.4 Å². The standard InChI is InChI=1S/C12H16ClNO.2C2H6/c13-12(14)9-4-3-7-11(8-9)15-10-5-1-2-6-10;2*1-2/h3-4,7-8,10,12H,1-2,5-6,14H2;2*1-2H3. The minimum atomic E-state index is -0.447. The molecule has 19 heavy (non-hydrogen) atoms. The molecule has 1 aromatic carbocycles. The Balaban J connectivity index is 0.000000741. The average Bonchev–Trinajstić information content (AvgIpc) is 2.96. The lowest BCUT2D eigenvalue weighted by Gasteiger charge is -2.14. The highest BCUT2D eigenvalue weighted by Crippen LogP contribution is 2.26. The van der Waals surface area contributed by atoms with E-state index in [4.69, 9.17) is 22.1 Å². The first-order chi connectivity index (χ1) is 9.25. The molecular formula is C16H28ClNO. The van der Waals surface area contributed by atoms with Crippen LogP contribution in [-0.2, 0) is 0 Å². The van der Waals surface area contributed by atoms with Crippen LogP contribution in [0.25, 0.3) is 0 Å². The Bertz CT molecular complexity index is 322. The summed E-state index contributed by atoms with van der Waals surface area (Å²) in [5, 5.41) is 0. The van der Waals surface area contributed by atoms with Gasteiger partial charge in [-0.15, -0.1) is 11.6 Å². The molecule has 2 rings (SSSR count). The van der Waals surface area contributed by atoms with Gasteiger partial charge in [0.25, 0.3) is 0 Å². The predicted octanol–water partition coefficient (Wildman–Crippen LogP) is 5.26. The summed E-state index contributed by atoms with van der Waals surface area (Å²) in [4.78, 5) is 0. The fraction of sp³-hybridized carbons (Fsp3) is 0.625. The highest BCUT2D eigenvalue weighted by molar-refractivity contribution is 6.20. The minimum absolute atomic E-state index is 0.381. The summed E-state index contributed by atoms with van der Waals surface area (Å²) in [5.41, 5.74) is 6.06. The summed E-state index contributed by atoms with van der Waals surface area (Å²) in [6.07, 6.45) is 5.26. The molecule has 0 radical (unpaired) electrons. The highest BCUT2D eigenvalue weighted by Gasteiger charge is 2.16. The Labute approximate surface area is 123 Å². The van der Waals surface area contributed by atoms with Gasteiger partial charge in [-0.25, -0.2) is 0 Å². The average molecular weight is 286 g/mol. The summed E-state index contributed by atoms with van der Waals surface area (Å²) in [7, 11) is 0. The molecule has 0 saturated heterocycles. The van der Waals surface area contributed by atoms with Gasteiger partial charge in [0.1, 0.15) is 11.3 Å². The van der Waals surface area contributed by atoms with E-state index >= 15 is 0 Å². The Morgan fingerprint density at radius 3 is 2.26 bits per heavy atom. The normalized spacial score (nSPS) is 15.7. The summed E-state index contributed by atoms with van der Waals surface area (Å²) >= 11 is 5.81. The van der Waals surface area contributed by atoms with Gasteiger partial charge in [-0.1, -0.05) is 39.8 Å². The first-order valence-corrected chi connectivity index (χ1v) is 7.85. The third kappa shape index (κ3) is 6.84. The Hall–Kier alpha value is -0.730. The van der Waals surface area contributed by atoms with Gasteiger partial charge in [0.2, 0.25) is 0 Å². The zero-order valence-electron chi connectivity index (χ0n) is 12.7. The van der Waals surface area contributed by atoms with Crippen LogP contribution in [0.3, 0.4) is 0 Å². The van der Waals surface area contributed by atoms with E-state index in [2.05, 4.69) is 0 Å². The maximum absolute atomic E-state index is 5.85. The molecule has 0 aromatic heterocycles. The molecule has 110 valence electrons. The van der Waals surface area contributed by atoms with Crippen molar-refractivity contribution in [3.8, 4) is 5.75 Å². The van der Waals surface area contributed by atoms with Crippen molar-refractivity contribution in [3.63, 3.8) is 0 Å². The van der Waals surface area contributed by atoms with Gasteiger partial charge in [0.05, 0.1) is 6.10 Å². The molecule has 2 nitrogen and oxygen atoms in total. The number of hydrogen-bond donors (Lipinski definition) is 1. The van der Waals surface area contributed by atoms with Gasteiger partial charge in [-0.2, -0.15) is 0 Å². The molecule has 1 aliphatic carbocycles. The van der Waals surface area contributed by atoms with E-state index in [1.807, 2.05) is 52.0 Å². The molecule has 1 aliphatic rings. The molecule has 0 amide bonds. The molecule has 0 spiro atoms. The van der Waals surface area contributed by atoms with Crippen LogP contribution in [0.4, 0.5) is 0 Å². The maximum Gasteiger partial charge on any atom is 0.120 e. The van der Waals surface area contributed by atoms with E-state index in [0.717, 1.165) is 24.2 Å². The molecule has 1 unspecified atom stereocenters. The van der Waals surface area contributed by atoms with Crippen molar-refractivity contribution in [1.82, 2.24) is 0 Å². The van der Waals surface area contributed by atoms with Gasteiger partial charge in [-0.3, -0.25) is 0 Å². The van der Waals surface area contributed by atoms with Crippen LogP contribution >= 0.6 is 11.6 Å². The van der Waals surface area contributed by atoms with Crippen molar-refractivity contribution in [1.29, 1.82) is 0 Å². The second-order valence-corrected chi connectivity index (χ2v) is 4.47. The number of benzene rings is 1. The summed E-state index contributed by atoms with van der Waals surface area (Å²) < 4.78 is 5.85. The smallest absolute Gasteiger partial charge is 0.120 e. The summed E-state index contributed by atoms with van der Waals surface area (Å²) in [6.45, 7) is 8.00. The van der Waals surface area contributed by atoms with Gasteiger partial charge < -0.3 is 10.5 Å². The number of hydrogen-bond acceptors (Lipinski definition) is 2. The number of alkyl halides is 1. The first-order valence-electron chi connectivity index (χ1n) is 7.42. The Morgan fingerprint density at radius 1 is 1.16 bits per heavy atom. The lowest BCUT2D eigenvalue weighted by molar-refractivity contribution is 0.210. The lowest BCUT2D eigenvalue weighted by Crippen LogP contribution is -2.11. The van der Waals surface area contributed by atoms with Crippen molar-refractivity contribution in [2.75, 3.05) is 0 Å². The van der Waals surface area contributed by atoms with Gasteiger partial charge >= 0.3 is 0 Å². The second-order valence-electron chi connectivity index (χ2n) is 4.00. The van der Waals surface area contributed by atoms with E-state index in [1.165, 1.54) is 12.8 Å². The molecule has 0 heterocycles. The predicted molar refractivity (Wildman–Crippen MR) is 84.8 cm³/mol. The van der Waals surface area contributed by atoms with Crippen molar-refractivity contribution in [2.24, 2.45) is 5.73 Å². The van der Waals surface area contributed by atoms with Crippen molar-refractivity contribution in [3.05, 3.63) is 29.8 Å². The quantitative estimate of drug-likeness (QED) is 0.607. The molecule has 1 saturated carbocycles. The van der Waals surface area contributed by atoms with Crippen LogP contribution < -0.4 is 10.5 Å². The SMILES string of the molecule is CC.CC.NC(Cl)c1cccc(OC2CCCC2)c1. The van der Waals surface area contributed by atoms with E-state index in [9.17, 15) is 0 Å². The summed E-state index contributed by atoms with van der Waals surface area (Å²) in [6, 6.07) is 7.73. The van der Waals surface area contributed by atoms with E-state index in [-0.39, 0.29) is 0 Å². The van der Waals surface area contributed by atoms with Crippen LogP contribution in [0.5, 0.6) is 5.75 Å². The zero-order chi connectivity index (χ0) is 14.7. The van der Waals surface area contributed by atoms with Gasteiger partial charge in [0, 0.05) is 0 Å². The number of halogens is 1. The van der Waals surface area contributed by atoms with Crippen LogP contribution in [-0.4, -0.2) is 6.10 Å². The molecule has 0 bridgehead atoms. The third-order valence-corrected chi connectivity index (χ3v) is 3.03. The fourth-order valence-corrected chi connectivity index (χ4v) is 2.09. The summed E-state index contributed by atoms with van der Waals surface area (Å²) in [5.74, 6) is 0.885. The Kier molecular flexibility index (Phi) is 10.7. The highest BCUT2D eigenvalue weighted by atomic mass is 35.5. The second kappa shape index (κ2) is 11.1. The van der Waals surface area contributed by atoms with Crippen molar-refractivity contribution >= 4 is 11.6 Å². The van der Waals surface area contributed by atoms with Crippen molar-refractivity contribution < 1.29 is 4.74 Å². The molecule has 1 aromatic rings. The van der Waals surface area contributed by atoms with Crippen LogP contribution in [0, 0.1) is 0 Å². The van der Waals surface area contributed by atoms with Crippen molar-refractivity contribution in [2.45, 2.75) is 65.0 Å². The number of ether oxygens (including phenoxy) is 1. The van der Waals surface area contributed by atoms with Gasteiger partial charge in [0.15, 0.2) is 0 Å². The molecule has 1 atom stereocenters. The zero-order valence-corrected chi connectivity index (χ0v) is 13.4.